The first-order valence-electron chi connectivity index (χ1n) is 9.67. The first-order valence-corrected chi connectivity index (χ1v) is 10.5. The highest BCUT2D eigenvalue weighted by Gasteiger charge is 2.17. The molecular weight excluding hydrogens is 412 g/mol. The molecule has 0 unspecified atom stereocenters. The van der Waals surface area contributed by atoms with E-state index < -0.39 is 5.97 Å². The molecule has 7 nitrogen and oxygen atoms in total. The zero-order valence-electron chi connectivity index (χ0n) is 16.9. The van der Waals surface area contributed by atoms with Crippen LogP contribution in [0.2, 0.25) is 0 Å². The maximum atomic E-state index is 11.1. The number of anilines is 2. The van der Waals surface area contributed by atoms with Crippen LogP contribution in [0.4, 0.5) is 11.6 Å². The highest BCUT2D eigenvalue weighted by Crippen LogP contribution is 2.40. The number of pyridine rings is 2. The van der Waals surface area contributed by atoms with E-state index >= 15 is 0 Å². The van der Waals surface area contributed by atoms with Gasteiger partial charge in [-0.05, 0) is 18.2 Å². The number of ether oxygens (including phenoxy) is 1. The highest BCUT2D eigenvalue weighted by molar-refractivity contribution is 7.14. The van der Waals surface area contributed by atoms with Crippen molar-refractivity contribution in [2.24, 2.45) is 0 Å². The second-order valence-corrected chi connectivity index (χ2v) is 8.02. The summed E-state index contributed by atoms with van der Waals surface area (Å²) in [5.74, 6) is 0.653. The van der Waals surface area contributed by atoms with E-state index in [1.807, 2.05) is 30.3 Å². The number of aromatic carboxylic acids is 1. The molecular formula is C23H20N4O3S. The average molecular weight is 433 g/mol. The fourth-order valence-corrected chi connectivity index (χ4v) is 3.78. The van der Waals surface area contributed by atoms with Crippen molar-refractivity contribution in [1.29, 1.82) is 0 Å². The topological polar surface area (TPSA) is 97.2 Å². The minimum atomic E-state index is -1.09. The van der Waals surface area contributed by atoms with Crippen LogP contribution in [0.5, 0.6) is 10.8 Å². The molecule has 0 aliphatic rings. The Morgan fingerprint density at radius 2 is 1.84 bits per heavy atom. The number of hydrogen-bond donors (Lipinski definition) is 2. The summed E-state index contributed by atoms with van der Waals surface area (Å²) in [7, 11) is 0. The highest BCUT2D eigenvalue weighted by atomic mass is 32.1. The van der Waals surface area contributed by atoms with Gasteiger partial charge in [0.2, 0.25) is 5.06 Å². The number of benzene rings is 1. The van der Waals surface area contributed by atoms with Crippen LogP contribution >= 0.6 is 11.3 Å². The van der Waals surface area contributed by atoms with Gasteiger partial charge in [-0.2, -0.15) is 0 Å². The van der Waals surface area contributed by atoms with E-state index in [1.54, 1.807) is 30.5 Å². The summed E-state index contributed by atoms with van der Waals surface area (Å²) in [4.78, 5) is 24.3. The van der Waals surface area contributed by atoms with Crippen molar-refractivity contribution in [2.45, 2.75) is 19.8 Å². The lowest BCUT2D eigenvalue weighted by atomic mass is 10.1. The van der Waals surface area contributed by atoms with Gasteiger partial charge in [0.25, 0.3) is 0 Å². The summed E-state index contributed by atoms with van der Waals surface area (Å²) in [6.45, 7) is 4.20. The molecule has 0 fully saturated rings. The zero-order chi connectivity index (χ0) is 21.8. The van der Waals surface area contributed by atoms with Crippen LogP contribution in [-0.4, -0.2) is 26.0 Å². The fourth-order valence-electron chi connectivity index (χ4n) is 2.82. The standard InChI is InChI=1S/C23H20N4O3S/c1-14(2)21-27-20(15-7-4-3-5-8-15)23(31-21)30-16-11-12-24-19(13-16)26-18-10-6-9-17(25-18)22(28)29/h3-14H,1-2H3,(H,28,29)(H,24,25,26). The lowest BCUT2D eigenvalue weighted by Crippen LogP contribution is -2.03. The number of carboxylic acid groups (broad SMARTS) is 1. The minimum Gasteiger partial charge on any atom is -0.477 e. The van der Waals surface area contributed by atoms with Gasteiger partial charge in [0.15, 0.2) is 5.69 Å². The van der Waals surface area contributed by atoms with Crippen molar-refractivity contribution in [3.05, 3.63) is 77.6 Å². The molecule has 0 bridgehead atoms. The van der Waals surface area contributed by atoms with Crippen LogP contribution in [-0.2, 0) is 0 Å². The SMILES string of the molecule is CC(C)c1nc(-c2ccccc2)c(Oc2ccnc(Nc3cccc(C(=O)O)n3)c2)s1. The van der Waals surface area contributed by atoms with Gasteiger partial charge < -0.3 is 15.2 Å². The second kappa shape index (κ2) is 8.93. The van der Waals surface area contributed by atoms with Gasteiger partial charge in [-0.1, -0.05) is 61.6 Å². The Balaban J connectivity index is 1.61. The number of nitrogens with zero attached hydrogens (tertiary/aromatic N) is 3. The monoisotopic (exact) mass is 432 g/mol. The molecule has 0 spiro atoms. The summed E-state index contributed by atoms with van der Waals surface area (Å²) >= 11 is 1.52. The van der Waals surface area contributed by atoms with E-state index in [0.29, 0.717) is 22.4 Å². The Hall–Kier alpha value is -3.78. The molecule has 3 aromatic heterocycles. The van der Waals surface area contributed by atoms with Gasteiger partial charge in [0.05, 0.1) is 5.01 Å². The number of nitrogens with one attached hydrogen (secondary N) is 1. The third-order valence-electron chi connectivity index (χ3n) is 4.32. The van der Waals surface area contributed by atoms with Crippen LogP contribution in [0.15, 0.2) is 66.9 Å². The molecule has 0 saturated carbocycles. The molecule has 3 heterocycles. The Morgan fingerprint density at radius 3 is 2.58 bits per heavy atom. The summed E-state index contributed by atoms with van der Waals surface area (Å²) in [6.07, 6.45) is 1.62. The first-order chi connectivity index (χ1) is 15.0. The van der Waals surface area contributed by atoms with Gasteiger partial charge in [-0.25, -0.2) is 19.7 Å². The minimum absolute atomic E-state index is 0.0456. The number of carboxylic acids is 1. The number of thiazole rings is 1. The third-order valence-corrected chi connectivity index (χ3v) is 5.55. The second-order valence-electron chi connectivity index (χ2n) is 7.03. The van der Waals surface area contributed by atoms with Crippen molar-refractivity contribution >= 4 is 28.9 Å². The summed E-state index contributed by atoms with van der Waals surface area (Å²) in [5, 5.41) is 13.8. The lowest BCUT2D eigenvalue weighted by Gasteiger charge is -2.09. The molecule has 31 heavy (non-hydrogen) atoms. The van der Waals surface area contributed by atoms with E-state index in [4.69, 9.17) is 14.8 Å². The summed E-state index contributed by atoms with van der Waals surface area (Å²) in [6, 6.07) is 18.1. The normalized spacial score (nSPS) is 10.8. The molecule has 0 aliphatic heterocycles. The van der Waals surface area contributed by atoms with Crippen LogP contribution in [0, 0.1) is 0 Å². The predicted octanol–water partition coefficient (Wildman–Crippen LogP) is 5.96. The number of aromatic nitrogens is 3. The van der Waals surface area contributed by atoms with Crippen molar-refractivity contribution in [2.75, 3.05) is 5.32 Å². The molecule has 156 valence electrons. The Kier molecular flexibility index (Phi) is 5.90. The van der Waals surface area contributed by atoms with E-state index in [9.17, 15) is 4.79 Å². The fraction of sp³-hybridized carbons (Fsp3) is 0.130. The van der Waals surface area contributed by atoms with Gasteiger partial charge >= 0.3 is 5.97 Å². The Morgan fingerprint density at radius 1 is 1.03 bits per heavy atom. The van der Waals surface area contributed by atoms with Gasteiger partial charge in [0, 0.05) is 23.7 Å². The van der Waals surface area contributed by atoms with E-state index in [-0.39, 0.29) is 11.6 Å². The molecule has 8 heteroatoms. The van der Waals surface area contributed by atoms with Crippen molar-refractivity contribution < 1.29 is 14.6 Å². The average Bonchev–Trinajstić information content (AvgIpc) is 3.19. The van der Waals surface area contributed by atoms with Crippen LogP contribution in [0.3, 0.4) is 0 Å². The molecule has 0 radical (unpaired) electrons. The quantitative estimate of drug-likeness (QED) is 0.372. The summed E-state index contributed by atoms with van der Waals surface area (Å²) in [5.41, 5.74) is 1.75. The molecule has 2 N–H and O–H groups in total. The third kappa shape index (κ3) is 4.87. The molecule has 1 aromatic carbocycles. The van der Waals surface area contributed by atoms with Gasteiger partial charge in [-0.15, -0.1) is 0 Å². The molecule has 4 rings (SSSR count). The largest absolute Gasteiger partial charge is 0.477 e. The first kappa shape index (κ1) is 20.5. The predicted molar refractivity (Wildman–Crippen MR) is 120 cm³/mol. The maximum Gasteiger partial charge on any atom is 0.354 e. The number of hydrogen-bond acceptors (Lipinski definition) is 7. The molecule has 0 atom stereocenters. The van der Waals surface area contributed by atoms with Crippen molar-refractivity contribution in [3.63, 3.8) is 0 Å². The lowest BCUT2D eigenvalue weighted by molar-refractivity contribution is 0.0690. The molecule has 0 amide bonds. The van der Waals surface area contributed by atoms with Crippen LogP contribution in [0.1, 0.15) is 35.3 Å². The molecule has 4 aromatic rings. The van der Waals surface area contributed by atoms with Gasteiger partial charge in [-0.3, -0.25) is 0 Å². The smallest absolute Gasteiger partial charge is 0.354 e. The van der Waals surface area contributed by atoms with Crippen LogP contribution in [0.25, 0.3) is 11.3 Å². The molecule has 0 aliphatic carbocycles. The van der Waals surface area contributed by atoms with E-state index in [0.717, 1.165) is 16.3 Å². The van der Waals surface area contributed by atoms with Crippen molar-refractivity contribution in [3.8, 4) is 22.1 Å². The summed E-state index contributed by atoms with van der Waals surface area (Å²) < 4.78 is 6.20. The van der Waals surface area contributed by atoms with E-state index in [1.165, 1.54) is 17.4 Å². The maximum absolute atomic E-state index is 11.1. The Labute approximate surface area is 183 Å². The van der Waals surface area contributed by atoms with Gasteiger partial charge in [0.1, 0.15) is 23.1 Å². The van der Waals surface area contributed by atoms with Crippen molar-refractivity contribution in [1.82, 2.24) is 15.0 Å². The number of carbonyl (C=O) groups is 1. The number of rotatable bonds is 7. The Bertz CT molecular complexity index is 1210. The van der Waals surface area contributed by atoms with E-state index in [2.05, 4.69) is 29.1 Å². The molecule has 0 saturated heterocycles. The zero-order valence-corrected chi connectivity index (χ0v) is 17.8. The van der Waals surface area contributed by atoms with Crippen LogP contribution < -0.4 is 10.1 Å².